The van der Waals surface area contributed by atoms with Crippen LogP contribution >= 0.6 is 0 Å². The predicted octanol–water partition coefficient (Wildman–Crippen LogP) is 4.86. The smallest absolute Gasteiger partial charge is 0.155 e. The lowest BCUT2D eigenvalue weighted by Gasteiger charge is -2.68. The minimum atomic E-state index is -0.961. The first-order chi connectivity index (χ1) is 23.1. The highest BCUT2D eigenvalue weighted by Gasteiger charge is 2.89. The van der Waals surface area contributed by atoms with Crippen LogP contribution in [0.15, 0.2) is 71.8 Å². The second-order valence-corrected chi connectivity index (χ2v) is 18.8. The molecule has 4 bridgehead atoms. The van der Waals surface area contributed by atoms with Gasteiger partial charge in [0.15, 0.2) is 11.4 Å². The summed E-state index contributed by atoms with van der Waals surface area (Å²) in [6.45, 7) is 9.02. The van der Waals surface area contributed by atoms with Gasteiger partial charge in [0.05, 0.1) is 50.1 Å². The van der Waals surface area contributed by atoms with Crippen LogP contribution in [0.3, 0.4) is 0 Å². The van der Waals surface area contributed by atoms with Gasteiger partial charge in [-0.1, -0.05) is 48.6 Å². The number of quaternary nitrogens is 2. The van der Waals surface area contributed by atoms with Gasteiger partial charge in [-0.05, 0) is 61.1 Å². The van der Waals surface area contributed by atoms with Crippen molar-refractivity contribution >= 4 is 11.4 Å². The average Bonchev–Trinajstić information content (AvgIpc) is 3.74. The molecule has 48 heavy (non-hydrogen) atoms. The molecule has 0 aromatic heterocycles. The van der Waals surface area contributed by atoms with Gasteiger partial charge in [-0.3, -0.25) is 0 Å². The van der Waals surface area contributed by atoms with Gasteiger partial charge >= 0.3 is 0 Å². The third-order valence-electron chi connectivity index (χ3n) is 17.8. The molecule has 2 aliphatic carbocycles. The Morgan fingerprint density at radius 1 is 0.667 bits per heavy atom. The second-order valence-electron chi connectivity index (χ2n) is 18.8. The molecule has 2 saturated carbocycles. The van der Waals surface area contributed by atoms with Crippen molar-refractivity contribution in [2.45, 2.75) is 88.0 Å². The van der Waals surface area contributed by atoms with Crippen LogP contribution in [0.4, 0.5) is 11.4 Å². The van der Waals surface area contributed by atoms with E-state index in [1.54, 1.807) is 11.1 Å². The van der Waals surface area contributed by atoms with Crippen molar-refractivity contribution in [1.29, 1.82) is 0 Å². The van der Waals surface area contributed by atoms with Gasteiger partial charge in [-0.15, -0.1) is 0 Å². The van der Waals surface area contributed by atoms with Crippen LogP contribution in [-0.4, -0.2) is 95.1 Å². The quantitative estimate of drug-likeness (QED) is 0.318. The molecule has 0 unspecified atom stereocenters. The first kappa shape index (κ1) is 28.1. The van der Waals surface area contributed by atoms with Crippen molar-refractivity contribution in [1.82, 2.24) is 0 Å². The molecule has 10 aliphatic rings. The molecule has 6 heteroatoms. The summed E-state index contributed by atoms with van der Waals surface area (Å²) in [5, 5.41) is 28.7. The van der Waals surface area contributed by atoms with Gasteiger partial charge in [0.25, 0.3) is 0 Å². The monoisotopic (exact) mass is 644 g/mol. The molecule has 8 heterocycles. The van der Waals surface area contributed by atoms with E-state index in [0.29, 0.717) is 23.9 Å². The Labute approximate surface area is 285 Å². The number of likely N-dealkylation sites (N-methyl/N-ethyl adjacent to an activating group) is 2. The first-order valence-corrected chi connectivity index (χ1v) is 19.3. The molecule has 0 amide bonds. The van der Waals surface area contributed by atoms with Crippen LogP contribution in [0.2, 0.25) is 0 Å². The molecule has 6 nitrogen and oxygen atoms in total. The molecule has 8 fully saturated rings. The number of hydrogen-bond acceptors (Lipinski definition) is 4. The van der Waals surface area contributed by atoms with E-state index in [2.05, 4.69) is 98.4 Å². The van der Waals surface area contributed by atoms with Gasteiger partial charge in [0.2, 0.25) is 0 Å². The Morgan fingerprint density at radius 2 is 1.08 bits per heavy atom. The number of nitrogens with zero attached hydrogens (tertiary/aromatic N) is 4. The minimum Gasteiger partial charge on any atom is -0.370 e. The van der Waals surface area contributed by atoms with E-state index in [9.17, 15) is 10.2 Å². The lowest BCUT2D eigenvalue weighted by molar-refractivity contribution is -0.927. The Kier molecular flexibility index (Phi) is 4.75. The summed E-state index contributed by atoms with van der Waals surface area (Å²) in [6.07, 6.45) is 11.3. The van der Waals surface area contributed by atoms with Crippen LogP contribution in [0, 0.1) is 34.5 Å². The van der Waals surface area contributed by atoms with Crippen molar-refractivity contribution in [3.8, 4) is 0 Å². The standard InChI is InChI=1S/C42H52N4O2/c1-5-25-23-45(3)17-15-39-21-27-11-8-10-14-32(27)44-38-36-30-20-34-40(16-18-46(34,4)24-26(30)6-2)22-28-12-7-9-13-31(28)43(42(36,40)48)37(38)35(41(39,44)47)29(25)19-33(39)45/h5-14,29-30,33-38,47-48H,15-24H2,1-4H3/q+2/b25-5-,26-6-/t29-,30-,33-,34-,35+,36+,37+,38+,39+,40+,41+,42+,45-,46-/m0/s1. The van der Waals surface area contributed by atoms with Crippen molar-refractivity contribution in [3.05, 3.63) is 83.0 Å². The molecule has 12 rings (SSSR count). The molecule has 2 spiro atoms. The summed E-state index contributed by atoms with van der Waals surface area (Å²) in [4.78, 5) is 5.33. The highest BCUT2D eigenvalue weighted by Crippen LogP contribution is 2.78. The van der Waals surface area contributed by atoms with Crippen LogP contribution in [0.5, 0.6) is 0 Å². The van der Waals surface area contributed by atoms with E-state index in [-0.39, 0.29) is 34.7 Å². The Balaban J connectivity index is 1.20. The number of rotatable bonds is 0. The SMILES string of the molecule is C/C=C1/C[N@+]2(C)CC[C@@]34Cc5ccccc5N5[C@H]6[C@@H]([C@@H]([C@H]1C[C@@H]32)[C@]54O)N1c2ccccc2C[C@]23CC[N@@+]4(C)C/C(=C/C)[C@H](C[C@@H]24)[C@H]6[C@]13O. The topological polar surface area (TPSA) is 46.9 Å². The van der Waals surface area contributed by atoms with E-state index in [0.717, 1.165) is 73.7 Å². The summed E-state index contributed by atoms with van der Waals surface area (Å²) in [6, 6.07) is 19.3. The Hall–Kier alpha value is -2.64. The van der Waals surface area contributed by atoms with Crippen molar-refractivity contribution < 1.29 is 19.2 Å². The zero-order valence-electron chi connectivity index (χ0n) is 29.1. The van der Waals surface area contributed by atoms with Crippen LogP contribution in [0.1, 0.15) is 50.7 Å². The number of aliphatic hydroxyl groups is 2. The zero-order chi connectivity index (χ0) is 32.4. The van der Waals surface area contributed by atoms with E-state index in [4.69, 9.17) is 0 Å². The number of fused-ring (bicyclic) bond motifs is 13. The molecule has 2 N–H and O–H groups in total. The van der Waals surface area contributed by atoms with E-state index in [1.165, 1.54) is 22.5 Å². The Bertz CT molecular complexity index is 1770. The van der Waals surface area contributed by atoms with Gasteiger partial charge in [-0.25, -0.2) is 0 Å². The predicted molar refractivity (Wildman–Crippen MR) is 187 cm³/mol. The molecular weight excluding hydrogens is 592 g/mol. The molecule has 14 atom stereocenters. The van der Waals surface area contributed by atoms with Crippen LogP contribution in [0.25, 0.3) is 0 Å². The molecular formula is C42H52N4O2+2. The fraction of sp³-hybridized carbons (Fsp3) is 0.619. The number of benzene rings is 2. The summed E-state index contributed by atoms with van der Waals surface area (Å²) in [5.41, 5.74) is 6.16. The average molecular weight is 645 g/mol. The summed E-state index contributed by atoms with van der Waals surface area (Å²) < 4.78 is 2.15. The number of allylic oxidation sites excluding steroid dienone is 2. The van der Waals surface area contributed by atoms with Crippen molar-refractivity contribution in [3.63, 3.8) is 0 Å². The van der Waals surface area contributed by atoms with Gasteiger partial charge in [-0.2, -0.15) is 0 Å². The lowest BCUT2D eigenvalue weighted by atomic mass is 9.50. The number of para-hydroxylation sites is 2. The van der Waals surface area contributed by atoms with E-state index < -0.39 is 11.4 Å². The third-order valence-corrected chi connectivity index (χ3v) is 17.8. The molecule has 0 radical (unpaired) electrons. The maximum absolute atomic E-state index is 14.4. The van der Waals surface area contributed by atoms with Gasteiger partial charge < -0.3 is 29.0 Å². The largest absolute Gasteiger partial charge is 0.370 e. The molecule has 6 saturated heterocycles. The van der Waals surface area contributed by atoms with Gasteiger partial charge in [0, 0.05) is 60.7 Å². The normalized spacial score (nSPS) is 55.4. The van der Waals surface area contributed by atoms with E-state index in [1.807, 2.05) is 0 Å². The number of piperidine rings is 2. The fourth-order valence-electron chi connectivity index (χ4n) is 16.5. The highest BCUT2D eigenvalue weighted by atomic mass is 16.3. The zero-order valence-corrected chi connectivity index (χ0v) is 29.1. The molecule has 2 aromatic carbocycles. The number of hydrogen-bond donors (Lipinski definition) is 2. The summed E-state index contributed by atoms with van der Waals surface area (Å²) >= 11 is 0. The minimum absolute atomic E-state index is 0.0409. The molecule has 8 aliphatic heterocycles. The number of anilines is 2. The van der Waals surface area contributed by atoms with Crippen molar-refractivity contribution in [2.24, 2.45) is 34.5 Å². The first-order valence-electron chi connectivity index (χ1n) is 19.3. The highest BCUT2D eigenvalue weighted by molar-refractivity contribution is 5.71. The summed E-state index contributed by atoms with van der Waals surface area (Å²) in [7, 11) is 5.01. The summed E-state index contributed by atoms with van der Waals surface area (Å²) in [5.74, 6) is 0.728. The van der Waals surface area contributed by atoms with Gasteiger partial charge in [0.1, 0.15) is 25.2 Å². The lowest BCUT2D eigenvalue weighted by Crippen LogP contribution is -2.80. The maximum atomic E-state index is 14.4. The fourth-order valence-corrected chi connectivity index (χ4v) is 16.5. The van der Waals surface area contributed by atoms with Crippen LogP contribution < -0.4 is 9.80 Å². The Morgan fingerprint density at radius 3 is 1.50 bits per heavy atom. The van der Waals surface area contributed by atoms with E-state index >= 15 is 0 Å². The maximum Gasteiger partial charge on any atom is 0.155 e. The second kappa shape index (κ2) is 8.12. The van der Waals surface area contributed by atoms with Crippen molar-refractivity contribution in [2.75, 3.05) is 50.1 Å². The van der Waals surface area contributed by atoms with Crippen LogP contribution in [-0.2, 0) is 12.8 Å². The molecule has 2 aromatic rings. The third kappa shape index (κ3) is 2.53. The molecule has 250 valence electrons.